The Morgan fingerprint density at radius 1 is 1.34 bits per heavy atom. The number of anilines is 1. The molecule has 14 heteroatoms. The van der Waals surface area contributed by atoms with E-state index in [2.05, 4.69) is 25.7 Å². The molecule has 0 amide bonds. The number of piperidine rings is 1. The highest BCUT2D eigenvalue weighted by Gasteiger charge is 2.54. The van der Waals surface area contributed by atoms with E-state index >= 15 is 0 Å². The molecule has 4 heterocycles. The Morgan fingerprint density at radius 3 is 2.71 bits per heavy atom. The molecule has 3 aromatic heterocycles. The average Bonchev–Trinajstić information content (AvgIpc) is 3.22. The van der Waals surface area contributed by atoms with Gasteiger partial charge >= 0.3 is 6.18 Å². The Hall–Kier alpha value is -3.57. The van der Waals surface area contributed by atoms with Gasteiger partial charge in [-0.25, -0.2) is 23.3 Å². The fraction of sp³-hybridized carbons (Fsp3) is 0.429. The lowest BCUT2D eigenvalue weighted by Crippen LogP contribution is -2.46. The quantitative estimate of drug-likeness (QED) is 0.461. The second-order valence-electron chi connectivity index (χ2n) is 8.13. The van der Waals surface area contributed by atoms with E-state index in [0.717, 1.165) is 30.0 Å². The first-order valence-electron chi connectivity index (χ1n) is 10.4. The Balaban J connectivity index is 1.86. The number of halogens is 5. The van der Waals surface area contributed by atoms with Crippen molar-refractivity contribution in [3.05, 3.63) is 35.4 Å². The maximum absolute atomic E-state index is 15.0. The molecule has 0 radical (unpaired) electrons. The summed E-state index contributed by atoms with van der Waals surface area (Å²) >= 11 is 0. The summed E-state index contributed by atoms with van der Waals surface area (Å²) in [5.74, 6) is -1.47. The summed E-state index contributed by atoms with van der Waals surface area (Å²) in [5, 5.41) is 29.3. The normalized spacial score (nSPS) is 20.3. The van der Waals surface area contributed by atoms with Crippen LogP contribution in [0.5, 0.6) is 5.75 Å². The number of hydrogen-bond donors (Lipinski definition) is 3. The molecular weight excluding hydrogens is 477 g/mol. The van der Waals surface area contributed by atoms with Gasteiger partial charge in [0.15, 0.2) is 11.5 Å². The van der Waals surface area contributed by atoms with Crippen molar-refractivity contribution in [3.8, 4) is 23.2 Å². The highest BCUT2D eigenvalue weighted by Crippen LogP contribution is 2.41. The number of ether oxygens (including phenoxy) is 1. The molecule has 0 bridgehead atoms. The van der Waals surface area contributed by atoms with Gasteiger partial charge in [0.05, 0.1) is 24.9 Å². The van der Waals surface area contributed by atoms with Crippen LogP contribution < -0.4 is 15.4 Å². The molecule has 1 fully saturated rings. The number of nitriles is 1. The number of alkyl halides is 4. The lowest BCUT2D eigenvalue weighted by Gasteiger charge is -2.28. The van der Waals surface area contributed by atoms with Crippen LogP contribution in [0.1, 0.15) is 24.6 Å². The van der Waals surface area contributed by atoms with Gasteiger partial charge in [0.1, 0.15) is 40.9 Å². The molecule has 0 spiro atoms. The van der Waals surface area contributed by atoms with Crippen LogP contribution in [0.15, 0.2) is 18.3 Å². The lowest BCUT2D eigenvalue weighted by molar-refractivity contribution is -0.261. The fourth-order valence-electron chi connectivity index (χ4n) is 3.69. The van der Waals surface area contributed by atoms with Crippen LogP contribution in [0.4, 0.5) is 27.8 Å². The van der Waals surface area contributed by atoms with Crippen molar-refractivity contribution in [1.82, 2.24) is 24.9 Å². The van der Waals surface area contributed by atoms with Gasteiger partial charge in [-0.15, -0.1) is 0 Å². The zero-order chi connectivity index (χ0) is 25.5. The minimum Gasteiger partial charge on any atom is -0.495 e. The highest BCUT2D eigenvalue weighted by atomic mass is 19.4. The van der Waals surface area contributed by atoms with Crippen molar-refractivity contribution < 1.29 is 31.8 Å². The van der Waals surface area contributed by atoms with Crippen LogP contribution in [0.25, 0.3) is 17.0 Å². The highest BCUT2D eigenvalue weighted by molar-refractivity contribution is 5.66. The molecule has 1 saturated heterocycles. The number of fused-ring (bicyclic) bond motifs is 1. The van der Waals surface area contributed by atoms with E-state index in [1.807, 2.05) is 0 Å². The van der Waals surface area contributed by atoms with Crippen molar-refractivity contribution in [2.24, 2.45) is 0 Å². The van der Waals surface area contributed by atoms with Crippen LogP contribution in [0.3, 0.4) is 0 Å². The molecule has 0 saturated carbocycles. The van der Waals surface area contributed by atoms with E-state index < -0.39 is 41.2 Å². The summed E-state index contributed by atoms with van der Waals surface area (Å²) < 4.78 is 75.7. The van der Waals surface area contributed by atoms with Gasteiger partial charge in [-0.2, -0.15) is 23.5 Å². The smallest absolute Gasteiger partial charge is 0.422 e. The third-order valence-electron chi connectivity index (χ3n) is 5.75. The summed E-state index contributed by atoms with van der Waals surface area (Å²) in [6, 6.07) is 3.04. The minimum atomic E-state index is -5.10. The maximum Gasteiger partial charge on any atom is 0.422 e. The van der Waals surface area contributed by atoms with Crippen LogP contribution in [-0.4, -0.2) is 63.3 Å². The molecule has 4 rings (SSSR count). The number of imidazole rings is 1. The van der Waals surface area contributed by atoms with E-state index in [1.54, 1.807) is 6.07 Å². The predicted molar refractivity (Wildman–Crippen MR) is 113 cm³/mol. The third kappa shape index (κ3) is 4.32. The Kier molecular flexibility index (Phi) is 6.24. The topological polar surface area (TPSA) is 120 Å². The first kappa shape index (κ1) is 24.6. The average molecular weight is 497 g/mol. The number of methoxy groups -OCH3 is 1. The van der Waals surface area contributed by atoms with Crippen molar-refractivity contribution >= 4 is 11.5 Å². The zero-order valence-corrected chi connectivity index (χ0v) is 18.5. The molecule has 3 aromatic rings. The van der Waals surface area contributed by atoms with Gasteiger partial charge in [0.25, 0.3) is 0 Å². The number of nitrogens with zero attached hydrogens (tertiary/aromatic N) is 5. The maximum atomic E-state index is 15.0. The van der Waals surface area contributed by atoms with Gasteiger partial charge in [-0.1, -0.05) is 0 Å². The lowest BCUT2D eigenvalue weighted by atomic mass is 10.0. The molecule has 0 aromatic carbocycles. The fourth-order valence-corrected chi connectivity index (χ4v) is 3.69. The van der Waals surface area contributed by atoms with Gasteiger partial charge < -0.3 is 20.5 Å². The number of pyridine rings is 1. The van der Waals surface area contributed by atoms with Crippen molar-refractivity contribution in [2.75, 3.05) is 25.5 Å². The van der Waals surface area contributed by atoms with Crippen LogP contribution in [0.2, 0.25) is 0 Å². The van der Waals surface area contributed by atoms with Crippen LogP contribution in [-0.2, 0) is 5.60 Å². The largest absolute Gasteiger partial charge is 0.495 e. The predicted octanol–water partition coefficient (Wildman–Crippen LogP) is 2.69. The van der Waals surface area contributed by atoms with Crippen molar-refractivity contribution in [3.63, 3.8) is 0 Å². The Bertz CT molecular complexity index is 1300. The molecule has 35 heavy (non-hydrogen) atoms. The van der Waals surface area contributed by atoms with Gasteiger partial charge in [-0.05, 0) is 26.0 Å². The van der Waals surface area contributed by atoms with Crippen LogP contribution >= 0.6 is 0 Å². The van der Waals surface area contributed by atoms with E-state index in [1.165, 1.54) is 0 Å². The summed E-state index contributed by atoms with van der Waals surface area (Å²) in [7, 11) is 1.10. The standard InChI is InChI=1S/C21H20F5N7O2/c1-20(34,21(24,25)26)18-15(35-2)6-16-29-9-14(33(16)32-18)17-12(23)5-10(7-27)19(31-17)30-13-8-28-4-3-11(13)22/h5-6,9,11,13,28,34H,3-4,8H2,1-2H3,(H,30,31)/t11?,13?,20-/m0/s1. The third-order valence-corrected chi connectivity index (χ3v) is 5.75. The van der Waals surface area contributed by atoms with E-state index in [0.29, 0.717) is 13.5 Å². The molecular formula is C21H20F5N7O2. The SMILES string of the molecule is COc1cc2ncc(-c3nc(NC4CNCCC4F)c(C#N)cc3F)n2nc1[C@](C)(O)C(F)(F)F. The molecule has 2 unspecified atom stereocenters. The number of hydrogen-bond acceptors (Lipinski definition) is 8. The molecule has 186 valence electrons. The number of rotatable bonds is 5. The first-order valence-corrected chi connectivity index (χ1v) is 10.4. The second kappa shape index (κ2) is 8.90. The van der Waals surface area contributed by atoms with Gasteiger partial charge in [0.2, 0.25) is 5.60 Å². The summed E-state index contributed by atoms with van der Waals surface area (Å²) in [6.07, 6.45) is -4.99. The van der Waals surface area contributed by atoms with E-state index in [4.69, 9.17) is 4.74 Å². The van der Waals surface area contributed by atoms with Gasteiger partial charge in [0, 0.05) is 12.6 Å². The summed E-state index contributed by atoms with van der Waals surface area (Å²) in [4.78, 5) is 8.15. The van der Waals surface area contributed by atoms with E-state index in [9.17, 15) is 32.3 Å². The van der Waals surface area contributed by atoms with Crippen LogP contribution in [0, 0.1) is 17.1 Å². The molecule has 9 nitrogen and oxygen atoms in total. The second-order valence-corrected chi connectivity index (χ2v) is 8.13. The Labute approximate surface area is 195 Å². The van der Waals surface area contributed by atoms with E-state index in [-0.39, 0.29) is 41.4 Å². The summed E-state index contributed by atoms with van der Waals surface area (Å²) in [6.45, 7) is 1.23. The number of nitrogens with one attached hydrogen (secondary N) is 2. The molecule has 1 aliphatic rings. The first-order chi connectivity index (χ1) is 16.5. The number of aliphatic hydroxyl groups is 1. The monoisotopic (exact) mass is 497 g/mol. The summed E-state index contributed by atoms with van der Waals surface area (Å²) in [5.41, 5.74) is -5.03. The molecule has 0 aliphatic carbocycles. The Morgan fingerprint density at radius 2 is 2.09 bits per heavy atom. The molecule has 3 N–H and O–H groups in total. The van der Waals surface area contributed by atoms with Gasteiger partial charge in [-0.3, -0.25) is 0 Å². The minimum absolute atomic E-state index is 0.0149. The zero-order valence-electron chi connectivity index (χ0n) is 18.5. The molecule has 1 aliphatic heterocycles. The number of aromatic nitrogens is 4. The van der Waals surface area contributed by atoms with Crippen molar-refractivity contribution in [2.45, 2.75) is 37.3 Å². The van der Waals surface area contributed by atoms with Crippen molar-refractivity contribution in [1.29, 1.82) is 5.26 Å². The molecule has 3 atom stereocenters.